The van der Waals surface area contributed by atoms with E-state index in [0.29, 0.717) is 16.7 Å². The van der Waals surface area contributed by atoms with Crippen molar-refractivity contribution in [1.82, 2.24) is 0 Å². The van der Waals surface area contributed by atoms with Crippen LogP contribution in [0.1, 0.15) is 16.7 Å². The van der Waals surface area contributed by atoms with E-state index >= 15 is 0 Å². The van der Waals surface area contributed by atoms with Gasteiger partial charge in [-0.05, 0) is 17.7 Å². The molecule has 0 amide bonds. The fourth-order valence-electron chi connectivity index (χ4n) is 1.32. The predicted octanol–water partition coefficient (Wildman–Crippen LogP) is 0.438. The SMILES string of the molecule is COC(=O)Cc1cc(O)c(CN)cc1C#N. The fourth-order valence-corrected chi connectivity index (χ4v) is 1.32. The summed E-state index contributed by atoms with van der Waals surface area (Å²) in [6.07, 6.45) is -0.0438. The van der Waals surface area contributed by atoms with Crippen LogP contribution < -0.4 is 5.73 Å². The first-order valence-corrected chi connectivity index (χ1v) is 4.64. The molecule has 0 aliphatic rings. The Bertz CT molecular complexity index is 449. The number of carbonyl (C=O) groups excluding carboxylic acids is 1. The highest BCUT2D eigenvalue weighted by atomic mass is 16.5. The lowest BCUT2D eigenvalue weighted by Crippen LogP contribution is -2.07. The van der Waals surface area contributed by atoms with Gasteiger partial charge in [0.05, 0.1) is 25.2 Å². The first kappa shape index (κ1) is 12.0. The van der Waals surface area contributed by atoms with E-state index in [-0.39, 0.29) is 18.7 Å². The molecule has 0 saturated carbocycles. The zero-order valence-corrected chi connectivity index (χ0v) is 8.86. The van der Waals surface area contributed by atoms with E-state index in [1.807, 2.05) is 6.07 Å². The largest absolute Gasteiger partial charge is 0.508 e. The summed E-state index contributed by atoms with van der Waals surface area (Å²) in [6.45, 7) is 0.138. The van der Waals surface area contributed by atoms with Crippen LogP contribution in [0.25, 0.3) is 0 Å². The van der Waals surface area contributed by atoms with Crippen LogP contribution in [0.15, 0.2) is 12.1 Å². The van der Waals surface area contributed by atoms with Crippen LogP contribution in [-0.2, 0) is 22.5 Å². The molecule has 0 aromatic heterocycles. The molecule has 0 aliphatic heterocycles. The minimum absolute atomic E-state index is 0.0135. The lowest BCUT2D eigenvalue weighted by Gasteiger charge is -2.07. The van der Waals surface area contributed by atoms with Crippen LogP contribution in [0, 0.1) is 11.3 Å². The molecule has 1 rings (SSSR count). The third-order valence-corrected chi connectivity index (χ3v) is 2.21. The van der Waals surface area contributed by atoms with Crippen molar-refractivity contribution in [3.63, 3.8) is 0 Å². The second-order valence-corrected chi connectivity index (χ2v) is 3.21. The van der Waals surface area contributed by atoms with Crippen molar-refractivity contribution in [2.24, 2.45) is 5.73 Å². The summed E-state index contributed by atoms with van der Waals surface area (Å²) in [5, 5.41) is 18.4. The highest BCUT2D eigenvalue weighted by Crippen LogP contribution is 2.22. The first-order chi connectivity index (χ1) is 7.62. The number of ether oxygens (including phenoxy) is 1. The quantitative estimate of drug-likeness (QED) is 0.720. The summed E-state index contributed by atoms with van der Waals surface area (Å²) in [6, 6.07) is 4.80. The molecular formula is C11H12N2O3. The van der Waals surface area contributed by atoms with Gasteiger partial charge in [-0.2, -0.15) is 5.26 Å². The number of benzene rings is 1. The van der Waals surface area contributed by atoms with E-state index < -0.39 is 5.97 Å². The van der Waals surface area contributed by atoms with Crippen molar-refractivity contribution < 1.29 is 14.6 Å². The molecule has 16 heavy (non-hydrogen) atoms. The number of hydrogen-bond acceptors (Lipinski definition) is 5. The molecule has 0 aliphatic carbocycles. The zero-order chi connectivity index (χ0) is 12.1. The Morgan fingerprint density at radius 3 is 2.75 bits per heavy atom. The minimum atomic E-state index is -0.462. The number of phenolic OH excluding ortho intramolecular Hbond substituents is 1. The van der Waals surface area contributed by atoms with Gasteiger partial charge in [0, 0.05) is 12.1 Å². The highest BCUT2D eigenvalue weighted by molar-refractivity contribution is 5.73. The maximum Gasteiger partial charge on any atom is 0.310 e. The molecule has 0 spiro atoms. The highest BCUT2D eigenvalue weighted by Gasteiger charge is 2.11. The molecule has 0 unspecified atom stereocenters. The number of phenols is 1. The van der Waals surface area contributed by atoms with Gasteiger partial charge in [-0.1, -0.05) is 0 Å². The second kappa shape index (κ2) is 5.14. The monoisotopic (exact) mass is 220 g/mol. The number of esters is 1. The van der Waals surface area contributed by atoms with Gasteiger partial charge < -0.3 is 15.6 Å². The van der Waals surface area contributed by atoms with Crippen molar-refractivity contribution in [2.45, 2.75) is 13.0 Å². The smallest absolute Gasteiger partial charge is 0.310 e. The lowest BCUT2D eigenvalue weighted by molar-refractivity contribution is -0.139. The number of nitrogens with two attached hydrogens (primary N) is 1. The molecule has 0 heterocycles. The average molecular weight is 220 g/mol. The fraction of sp³-hybridized carbons (Fsp3) is 0.273. The van der Waals surface area contributed by atoms with E-state index in [4.69, 9.17) is 11.0 Å². The van der Waals surface area contributed by atoms with Crippen molar-refractivity contribution in [2.75, 3.05) is 7.11 Å². The number of carbonyl (C=O) groups is 1. The molecule has 84 valence electrons. The molecule has 0 saturated heterocycles. The van der Waals surface area contributed by atoms with Crippen LogP contribution in [0.4, 0.5) is 0 Å². The van der Waals surface area contributed by atoms with Crippen LogP contribution in [-0.4, -0.2) is 18.2 Å². The molecule has 1 aromatic carbocycles. The standard InChI is InChI=1S/C11H12N2O3/c1-16-11(15)4-7-3-10(14)9(6-13)2-8(7)5-12/h2-3,14H,4,6,13H2,1H3. The van der Waals surface area contributed by atoms with E-state index in [9.17, 15) is 9.90 Å². The molecule has 5 nitrogen and oxygen atoms in total. The van der Waals surface area contributed by atoms with Crippen LogP contribution >= 0.6 is 0 Å². The topological polar surface area (TPSA) is 96.3 Å². The van der Waals surface area contributed by atoms with E-state index in [1.165, 1.54) is 19.2 Å². The Morgan fingerprint density at radius 1 is 1.56 bits per heavy atom. The van der Waals surface area contributed by atoms with Crippen molar-refractivity contribution in [3.05, 3.63) is 28.8 Å². The van der Waals surface area contributed by atoms with Gasteiger partial charge in [-0.25, -0.2) is 0 Å². The Hall–Kier alpha value is -2.06. The third-order valence-electron chi connectivity index (χ3n) is 2.21. The van der Waals surface area contributed by atoms with Crippen molar-refractivity contribution in [1.29, 1.82) is 5.26 Å². The number of nitrogens with zero attached hydrogens (tertiary/aromatic N) is 1. The number of aromatic hydroxyl groups is 1. The van der Waals surface area contributed by atoms with E-state index in [0.717, 1.165) is 0 Å². The number of methoxy groups -OCH3 is 1. The minimum Gasteiger partial charge on any atom is -0.508 e. The van der Waals surface area contributed by atoms with Gasteiger partial charge in [-0.3, -0.25) is 4.79 Å². The summed E-state index contributed by atoms with van der Waals surface area (Å²) in [5.41, 5.74) is 6.62. The first-order valence-electron chi connectivity index (χ1n) is 4.64. The Morgan fingerprint density at radius 2 is 2.25 bits per heavy atom. The Kier molecular flexibility index (Phi) is 3.86. The molecule has 0 bridgehead atoms. The normalized spacial score (nSPS) is 9.56. The van der Waals surface area contributed by atoms with Crippen LogP contribution in [0.5, 0.6) is 5.75 Å². The predicted molar refractivity (Wildman–Crippen MR) is 56.4 cm³/mol. The number of hydrogen-bond donors (Lipinski definition) is 2. The van der Waals surface area contributed by atoms with Gasteiger partial charge in [-0.15, -0.1) is 0 Å². The molecule has 3 N–H and O–H groups in total. The zero-order valence-electron chi connectivity index (χ0n) is 8.86. The van der Waals surface area contributed by atoms with Gasteiger partial charge >= 0.3 is 5.97 Å². The maximum absolute atomic E-state index is 11.1. The summed E-state index contributed by atoms with van der Waals surface area (Å²) in [5.74, 6) is -0.475. The van der Waals surface area contributed by atoms with Gasteiger partial charge in [0.15, 0.2) is 0 Å². The Labute approximate surface area is 93.1 Å². The van der Waals surface area contributed by atoms with E-state index in [2.05, 4.69) is 4.74 Å². The molecule has 5 heteroatoms. The second-order valence-electron chi connectivity index (χ2n) is 3.21. The third kappa shape index (κ3) is 2.49. The summed E-state index contributed by atoms with van der Waals surface area (Å²) >= 11 is 0. The van der Waals surface area contributed by atoms with E-state index in [1.54, 1.807) is 0 Å². The summed E-state index contributed by atoms with van der Waals surface area (Å²) in [4.78, 5) is 11.1. The van der Waals surface area contributed by atoms with Crippen LogP contribution in [0.3, 0.4) is 0 Å². The summed E-state index contributed by atoms with van der Waals surface area (Å²) < 4.78 is 4.50. The maximum atomic E-state index is 11.1. The number of nitriles is 1. The molecule has 0 atom stereocenters. The molecule has 0 radical (unpaired) electrons. The summed E-state index contributed by atoms with van der Waals surface area (Å²) in [7, 11) is 1.27. The molecule has 1 aromatic rings. The van der Waals surface area contributed by atoms with Crippen LogP contribution in [0.2, 0.25) is 0 Å². The lowest BCUT2D eigenvalue weighted by atomic mass is 10.0. The number of rotatable bonds is 3. The molecular weight excluding hydrogens is 208 g/mol. The van der Waals surface area contributed by atoms with Gasteiger partial charge in [0.1, 0.15) is 5.75 Å². The van der Waals surface area contributed by atoms with Gasteiger partial charge in [0.2, 0.25) is 0 Å². The van der Waals surface area contributed by atoms with Gasteiger partial charge in [0.25, 0.3) is 0 Å². The Balaban J connectivity index is 3.14. The molecule has 0 fully saturated rings. The average Bonchev–Trinajstić information content (AvgIpc) is 2.29. The van der Waals surface area contributed by atoms with Crippen molar-refractivity contribution >= 4 is 5.97 Å². The van der Waals surface area contributed by atoms with Crippen molar-refractivity contribution in [3.8, 4) is 11.8 Å².